The molecule has 0 fully saturated rings. The predicted octanol–water partition coefficient (Wildman–Crippen LogP) is 5.53. The third kappa shape index (κ3) is 6.96. The largest absolute Gasteiger partial charge is 0.466 e. The van der Waals surface area contributed by atoms with E-state index in [0.717, 1.165) is 48.5 Å². The molecule has 0 N–H and O–H groups in total. The van der Waals surface area contributed by atoms with Crippen LogP contribution in [0.3, 0.4) is 0 Å². The zero-order valence-corrected chi connectivity index (χ0v) is 22.6. The number of aryl methyl sites for hydroxylation is 2. The number of hydrogen-bond donors (Lipinski definition) is 0. The maximum absolute atomic E-state index is 11.6. The molecule has 0 aliphatic heterocycles. The molecular formula is C24H40ClN3O3Si. The summed E-state index contributed by atoms with van der Waals surface area (Å²) in [7, 11) is 0.248. The number of halogens is 1. The van der Waals surface area contributed by atoms with Gasteiger partial charge in [0.05, 0.1) is 24.2 Å². The van der Waals surface area contributed by atoms with Gasteiger partial charge in [-0.25, -0.2) is 4.98 Å². The summed E-state index contributed by atoms with van der Waals surface area (Å²) in [6, 6.07) is 6.37. The van der Waals surface area contributed by atoms with Crippen LogP contribution < -0.4 is 4.90 Å². The van der Waals surface area contributed by atoms with E-state index in [1.807, 2.05) is 14.0 Å². The van der Waals surface area contributed by atoms with Gasteiger partial charge in [0.15, 0.2) is 8.32 Å². The molecule has 6 nitrogen and oxygen atoms in total. The highest BCUT2D eigenvalue weighted by molar-refractivity contribution is 6.74. The second-order valence-electron chi connectivity index (χ2n) is 9.70. The molecule has 1 aromatic heterocycles. The Morgan fingerprint density at radius 2 is 1.97 bits per heavy atom. The van der Waals surface area contributed by atoms with Crippen LogP contribution in [0.5, 0.6) is 0 Å². The lowest BCUT2D eigenvalue weighted by Gasteiger charge is -2.37. The van der Waals surface area contributed by atoms with Crippen molar-refractivity contribution in [3.05, 3.63) is 24.0 Å². The van der Waals surface area contributed by atoms with Gasteiger partial charge in [0.25, 0.3) is 0 Å². The van der Waals surface area contributed by atoms with Gasteiger partial charge in [-0.2, -0.15) is 0 Å². The van der Waals surface area contributed by atoms with Gasteiger partial charge < -0.3 is 18.6 Å². The first-order valence-corrected chi connectivity index (χ1v) is 15.0. The van der Waals surface area contributed by atoms with Gasteiger partial charge in [-0.15, -0.1) is 11.6 Å². The molecule has 0 saturated carbocycles. The van der Waals surface area contributed by atoms with Crippen molar-refractivity contribution in [1.29, 1.82) is 0 Å². The van der Waals surface area contributed by atoms with Crippen LogP contribution >= 0.6 is 11.6 Å². The van der Waals surface area contributed by atoms with E-state index >= 15 is 0 Å². The maximum Gasteiger partial charge on any atom is 0.305 e. The molecular weight excluding hydrogens is 442 g/mol. The highest BCUT2D eigenvalue weighted by atomic mass is 35.5. The lowest BCUT2D eigenvalue weighted by molar-refractivity contribution is -0.143. The van der Waals surface area contributed by atoms with Gasteiger partial charge in [-0.3, -0.25) is 4.79 Å². The number of nitrogens with zero attached hydrogens (tertiary/aromatic N) is 3. The first kappa shape index (κ1) is 26.7. The smallest absolute Gasteiger partial charge is 0.305 e. The second-order valence-corrected chi connectivity index (χ2v) is 14.9. The second kappa shape index (κ2) is 11.5. The molecule has 1 heterocycles. The van der Waals surface area contributed by atoms with E-state index in [9.17, 15) is 4.79 Å². The minimum Gasteiger partial charge on any atom is -0.466 e. The van der Waals surface area contributed by atoms with Gasteiger partial charge in [-0.1, -0.05) is 20.8 Å². The van der Waals surface area contributed by atoms with Gasteiger partial charge in [0.2, 0.25) is 0 Å². The molecule has 0 bridgehead atoms. The molecule has 0 radical (unpaired) electrons. The average molecular weight is 482 g/mol. The maximum atomic E-state index is 11.6. The number of carbonyl (C=O) groups is 1. The number of benzene rings is 1. The van der Waals surface area contributed by atoms with Crippen molar-refractivity contribution < 1.29 is 14.0 Å². The number of rotatable bonds is 12. The fourth-order valence-corrected chi connectivity index (χ4v) is 4.62. The normalized spacial score (nSPS) is 12.4. The number of carbonyl (C=O) groups excluding carboxylic acids is 1. The van der Waals surface area contributed by atoms with E-state index in [1.165, 1.54) is 0 Å². The number of ether oxygens (including phenoxy) is 1. The standard InChI is InChI=1S/C24H40ClN3O3Si/c1-8-30-23(29)11-9-10-22-26-20-18-19(12-13-21(20)27(22)5)28(15-14-25)16-17-31-32(6,7)24(2,3)4/h12-13,18H,8-11,14-17H2,1-7H3. The van der Waals surface area contributed by atoms with E-state index in [1.54, 1.807) is 0 Å². The summed E-state index contributed by atoms with van der Waals surface area (Å²) in [5.74, 6) is 1.39. The summed E-state index contributed by atoms with van der Waals surface area (Å²) in [5, 5.41) is 0.195. The van der Waals surface area contributed by atoms with E-state index in [2.05, 4.69) is 61.5 Å². The number of aromatic nitrogens is 2. The topological polar surface area (TPSA) is 56.6 Å². The van der Waals surface area contributed by atoms with Crippen molar-refractivity contribution in [1.82, 2.24) is 9.55 Å². The van der Waals surface area contributed by atoms with Crippen LogP contribution in [-0.4, -0.2) is 56.0 Å². The Bertz CT molecular complexity index is 892. The molecule has 0 aliphatic rings. The zero-order valence-electron chi connectivity index (χ0n) is 20.8. The molecule has 0 amide bonds. The van der Waals surface area contributed by atoms with E-state index in [4.69, 9.17) is 25.7 Å². The van der Waals surface area contributed by atoms with Gasteiger partial charge in [0.1, 0.15) is 5.82 Å². The first-order valence-electron chi connectivity index (χ1n) is 11.6. The molecule has 2 aromatic rings. The van der Waals surface area contributed by atoms with Gasteiger partial charge >= 0.3 is 5.97 Å². The van der Waals surface area contributed by atoms with E-state index < -0.39 is 8.32 Å². The number of alkyl halides is 1. The number of imidazole rings is 1. The van der Waals surface area contributed by atoms with Crippen molar-refractivity contribution in [2.75, 3.05) is 37.1 Å². The third-order valence-electron chi connectivity index (χ3n) is 6.39. The SMILES string of the molecule is CCOC(=O)CCCc1nc2cc(N(CCCl)CCO[Si](C)(C)C(C)(C)C)ccc2n1C. The highest BCUT2D eigenvalue weighted by Crippen LogP contribution is 2.36. The Morgan fingerprint density at radius 3 is 2.59 bits per heavy atom. The van der Waals surface area contributed by atoms with E-state index in [0.29, 0.717) is 25.5 Å². The highest BCUT2D eigenvalue weighted by Gasteiger charge is 2.37. The first-order chi connectivity index (χ1) is 15.0. The molecule has 0 spiro atoms. The molecule has 32 heavy (non-hydrogen) atoms. The Hall–Kier alpha value is -1.57. The van der Waals surface area contributed by atoms with Gasteiger partial charge in [-0.05, 0) is 49.7 Å². The fraction of sp³-hybridized carbons (Fsp3) is 0.667. The molecule has 8 heteroatoms. The molecule has 2 rings (SSSR count). The lowest BCUT2D eigenvalue weighted by atomic mass is 10.2. The number of fused-ring (bicyclic) bond motifs is 1. The van der Waals surface area contributed by atoms with Crippen molar-refractivity contribution in [2.45, 2.75) is 65.1 Å². The molecule has 0 saturated heterocycles. The van der Waals surface area contributed by atoms with Crippen LogP contribution in [0.15, 0.2) is 18.2 Å². The van der Waals surface area contributed by atoms with Crippen molar-refractivity contribution in [3.8, 4) is 0 Å². The van der Waals surface area contributed by atoms with Gasteiger partial charge in [0, 0.05) is 44.5 Å². The van der Waals surface area contributed by atoms with Crippen LogP contribution in [0, 0.1) is 0 Å². The number of anilines is 1. The quantitative estimate of drug-likeness (QED) is 0.227. The summed E-state index contributed by atoms with van der Waals surface area (Å²) in [6.07, 6.45) is 1.89. The van der Waals surface area contributed by atoms with Crippen molar-refractivity contribution in [2.24, 2.45) is 7.05 Å². The summed E-state index contributed by atoms with van der Waals surface area (Å²) in [5.41, 5.74) is 3.15. The summed E-state index contributed by atoms with van der Waals surface area (Å²) in [6.45, 7) is 15.8. The Balaban J connectivity index is 2.09. The minimum atomic E-state index is -1.78. The zero-order chi connectivity index (χ0) is 23.9. The molecule has 180 valence electrons. The van der Waals surface area contributed by atoms with Crippen LogP contribution in [0.2, 0.25) is 18.1 Å². The number of hydrogen-bond acceptors (Lipinski definition) is 5. The molecule has 1 aromatic carbocycles. The van der Waals surface area contributed by atoms with Crippen LogP contribution in [-0.2, 0) is 27.4 Å². The van der Waals surface area contributed by atoms with Crippen LogP contribution in [0.1, 0.15) is 46.4 Å². The average Bonchev–Trinajstić information content (AvgIpc) is 3.01. The van der Waals surface area contributed by atoms with Crippen molar-refractivity contribution >= 4 is 42.6 Å². The molecule has 0 atom stereocenters. The van der Waals surface area contributed by atoms with E-state index in [-0.39, 0.29) is 11.0 Å². The Morgan fingerprint density at radius 1 is 1.25 bits per heavy atom. The van der Waals surface area contributed by atoms with Crippen LogP contribution in [0.25, 0.3) is 11.0 Å². The molecule has 0 unspecified atom stereocenters. The third-order valence-corrected chi connectivity index (χ3v) is 11.1. The molecule has 0 aliphatic carbocycles. The summed E-state index contributed by atoms with van der Waals surface area (Å²) >= 11 is 6.11. The summed E-state index contributed by atoms with van der Waals surface area (Å²) < 4.78 is 13.5. The summed E-state index contributed by atoms with van der Waals surface area (Å²) in [4.78, 5) is 18.7. The lowest BCUT2D eigenvalue weighted by Crippen LogP contribution is -2.43. The Kier molecular flexibility index (Phi) is 9.61. The fourth-order valence-electron chi connectivity index (χ4n) is 3.38. The Labute approximate surface area is 199 Å². The van der Waals surface area contributed by atoms with Crippen molar-refractivity contribution in [3.63, 3.8) is 0 Å². The monoisotopic (exact) mass is 481 g/mol. The predicted molar refractivity (Wildman–Crippen MR) is 136 cm³/mol. The number of esters is 1. The van der Waals surface area contributed by atoms with Crippen LogP contribution in [0.4, 0.5) is 5.69 Å². The minimum absolute atomic E-state index is 0.148.